The lowest BCUT2D eigenvalue weighted by Crippen LogP contribution is -2.07. The van der Waals surface area contributed by atoms with Crippen LogP contribution in [0.4, 0.5) is 5.69 Å². The van der Waals surface area contributed by atoms with Gasteiger partial charge in [0.2, 0.25) is 5.91 Å². The van der Waals surface area contributed by atoms with Crippen LogP contribution < -0.4 is 10.1 Å². The first kappa shape index (κ1) is 18.8. The Balaban J connectivity index is 1.85. The fraction of sp³-hybridized carbons (Fsp3) is 0.318. The van der Waals surface area contributed by atoms with E-state index in [1.807, 2.05) is 36.4 Å². The molecular weight excluding hydrogens is 310 g/mol. The molecule has 0 spiro atoms. The van der Waals surface area contributed by atoms with E-state index >= 15 is 0 Å². The van der Waals surface area contributed by atoms with Gasteiger partial charge in [0.05, 0.1) is 6.61 Å². The largest absolute Gasteiger partial charge is 0.494 e. The summed E-state index contributed by atoms with van der Waals surface area (Å²) >= 11 is 0. The predicted octanol–water partition coefficient (Wildman–Crippen LogP) is 5.47. The number of carbonyl (C=O) groups excluding carboxylic acids is 1. The topological polar surface area (TPSA) is 38.3 Å². The Morgan fingerprint density at radius 1 is 1.00 bits per heavy atom. The maximum atomic E-state index is 12.0. The number of anilines is 1. The number of aryl methyl sites for hydroxylation is 1. The lowest BCUT2D eigenvalue weighted by Gasteiger charge is -2.05. The van der Waals surface area contributed by atoms with Crippen molar-refractivity contribution in [1.82, 2.24) is 0 Å². The molecule has 2 aromatic rings. The molecule has 2 aromatic carbocycles. The fourth-order valence-electron chi connectivity index (χ4n) is 2.39. The van der Waals surface area contributed by atoms with Crippen molar-refractivity contribution in [3.8, 4) is 5.75 Å². The van der Waals surface area contributed by atoms with Crippen LogP contribution in [0.15, 0.2) is 54.6 Å². The minimum absolute atomic E-state index is 0.132. The van der Waals surface area contributed by atoms with Crippen molar-refractivity contribution in [2.45, 2.75) is 39.5 Å². The van der Waals surface area contributed by atoms with Crippen molar-refractivity contribution in [3.05, 3.63) is 65.7 Å². The maximum Gasteiger partial charge on any atom is 0.248 e. The molecule has 1 amide bonds. The molecule has 2 rings (SSSR count). The van der Waals surface area contributed by atoms with Crippen molar-refractivity contribution in [2.24, 2.45) is 0 Å². The number of hydrogen-bond acceptors (Lipinski definition) is 2. The molecule has 0 fully saturated rings. The molecule has 0 bridgehead atoms. The van der Waals surface area contributed by atoms with Gasteiger partial charge in [-0.05, 0) is 60.7 Å². The summed E-state index contributed by atoms with van der Waals surface area (Å²) in [6.45, 7) is 4.98. The predicted molar refractivity (Wildman–Crippen MR) is 105 cm³/mol. The van der Waals surface area contributed by atoms with Crippen molar-refractivity contribution in [3.63, 3.8) is 0 Å². The molecule has 0 aliphatic heterocycles. The second kappa shape index (κ2) is 10.3. The SMILES string of the molecule is CCCCc1ccc(NC(=O)/C=C/c2ccc(OCCC)cc2)cc1. The monoisotopic (exact) mass is 337 g/mol. The second-order valence-corrected chi connectivity index (χ2v) is 6.04. The van der Waals surface area contributed by atoms with E-state index in [2.05, 4.69) is 31.3 Å². The summed E-state index contributed by atoms with van der Waals surface area (Å²) in [7, 11) is 0. The van der Waals surface area contributed by atoms with E-state index < -0.39 is 0 Å². The molecule has 3 nitrogen and oxygen atoms in total. The van der Waals surface area contributed by atoms with E-state index in [1.54, 1.807) is 12.2 Å². The van der Waals surface area contributed by atoms with Gasteiger partial charge >= 0.3 is 0 Å². The number of amides is 1. The highest BCUT2D eigenvalue weighted by atomic mass is 16.5. The number of ether oxygens (including phenoxy) is 1. The Morgan fingerprint density at radius 3 is 2.36 bits per heavy atom. The molecule has 0 atom stereocenters. The van der Waals surface area contributed by atoms with Gasteiger partial charge in [-0.15, -0.1) is 0 Å². The van der Waals surface area contributed by atoms with Crippen LogP contribution in [0, 0.1) is 0 Å². The van der Waals surface area contributed by atoms with Gasteiger partial charge in [0.1, 0.15) is 5.75 Å². The van der Waals surface area contributed by atoms with Gasteiger partial charge in [0.25, 0.3) is 0 Å². The summed E-state index contributed by atoms with van der Waals surface area (Å²) < 4.78 is 5.55. The minimum atomic E-state index is -0.132. The highest BCUT2D eigenvalue weighted by molar-refractivity contribution is 6.01. The van der Waals surface area contributed by atoms with E-state index in [1.165, 1.54) is 18.4 Å². The smallest absolute Gasteiger partial charge is 0.248 e. The molecule has 0 unspecified atom stereocenters. The van der Waals surface area contributed by atoms with Gasteiger partial charge in [-0.25, -0.2) is 0 Å². The molecule has 0 aromatic heterocycles. The molecule has 25 heavy (non-hydrogen) atoms. The van der Waals surface area contributed by atoms with Gasteiger partial charge in [-0.1, -0.05) is 44.5 Å². The number of benzene rings is 2. The van der Waals surface area contributed by atoms with Crippen LogP contribution in [0.1, 0.15) is 44.2 Å². The highest BCUT2D eigenvalue weighted by Gasteiger charge is 1.99. The molecule has 0 saturated heterocycles. The van der Waals surface area contributed by atoms with Crippen LogP contribution in [0.2, 0.25) is 0 Å². The summed E-state index contributed by atoms with van der Waals surface area (Å²) in [4.78, 5) is 12.0. The lowest BCUT2D eigenvalue weighted by molar-refractivity contribution is -0.111. The van der Waals surface area contributed by atoms with E-state index in [9.17, 15) is 4.79 Å². The first-order chi connectivity index (χ1) is 12.2. The number of hydrogen-bond donors (Lipinski definition) is 1. The quantitative estimate of drug-likeness (QED) is 0.616. The third-order valence-corrected chi connectivity index (χ3v) is 3.82. The standard InChI is InChI=1S/C22H27NO2/c1-3-5-6-18-7-12-20(13-8-18)23-22(24)16-11-19-9-14-21(15-10-19)25-17-4-2/h7-16H,3-6,17H2,1-2H3,(H,23,24)/b16-11+. The normalized spacial score (nSPS) is 10.8. The Labute approximate surface area is 150 Å². The van der Waals surface area contributed by atoms with Crippen molar-refractivity contribution in [2.75, 3.05) is 11.9 Å². The molecular formula is C22H27NO2. The Kier molecular flexibility index (Phi) is 7.77. The Bertz CT molecular complexity index is 672. The first-order valence-electron chi connectivity index (χ1n) is 9.02. The third kappa shape index (κ3) is 6.84. The van der Waals surface area contributed by atoms with Gasteiger partial charge in [0, 0.05) is 11.8 Å². The van der Waals surface area contributed by atoms with E-state index in [0.717, 1.165) is 36.4 Å². The molecule has 0 aliphatic rings. The van der Waals surface area contributed by atoms with Gasteiger partial charge < -0.3 is 10.1 Å². The van der Waals surface area contributed by atoms with Crippen LogP contribution in [0.5, 0.6) is 5.75 Å². The van der Waals surface area contributed by atoms with E-state index in [0.29, 0.717) is 0 Å². The molecule has 1 N–H and O–H groups in total. The fourth-order valence-corrected chi connectivity index (χ4v) is 2.39. The molecule has 3 heteroatoms. The van der Waals surface area contributed by atoms with Crippen LogP contribution in [-0.2, 0) is 11.2 Å². The zero-order valence-electron chi connectivity index (χ0n) is 15.1. The first-order valence-corrected chi connectivity index (χ1v) is 9.02. The Morgan fingerprint density at radius 2 is 1.72 bits per heavy atom. The maximum absolute atomic E-state index is 12.0. The third-order valence-electron chi connectivity index (χ3n) is 3.82. The Hall–Kier alpha value is -2.55. The summed E-state index contributed by atoms with van der Waals surface area (Å²) in [5.74, 6) is 0.722. The summed E-state index contributed by atoms with van der Waals surface area (Å²) in [6.07, 6.45) is 7.80. The highest BCUT2D eigenvalue weighted by Crippen LogP contribution is 2.14. The van der Waals surface area contributed by atoms with Crippen LogP contribution in [0.25, 0.3) is 6.08 Å². The van der Waals surface area contributed by atoms with Crippen molar-refractivity contribution < 1.29 is 9.53 Å². The van der Waals surface area contributed by atoms with E-state index in [4.69, 9.17) is 4.74 Å². The molecule has 0 saturated carbocycles. The van der Waals surface area contributed by atoms with Gasteiger partial charge in [0.15, 0.2) is 0 Å². The molecule has 0 radical (unpaired) electrons. The number of carbonyl (C=O) groups is 1. The van der Waals surface area contributed by atoms with Crippen molar-refractivity contribution in [1.29, 1.82) is 0 Å². The average Bonchev–Trinajstić information content (AvgIpc) is 2.65. The molecule has 132 valence electrons. The van der Waals surface area contributed by atoms with Gasteiger partial charge in [-0.2, -0.15) is 0 Å². The van der Waals surface area contributed by atoms with E-state index in [-0.39, 0.29) is 5.91 Å². The average molecular weight is 337 g/mol. The molecule has 0 aliphatic carbocycles. The second-order valence-electron chi connectivity index (χ2n) is 6.04. The lowest BCUT2D eigenvalue weighted by atomic mass is 10.1. The van der Waals surface area contributed by atoms with Crippen LogP contribution in [0.3, 0.4) is 0 Å². The van der Waals surface area contributed by atoms with Crippen molar-refractivity contribution >= 4 is 17.7 Å². The van der Waals surface area contributed by atoms with Gasteiger partial charge in [-0.3, -0.25) is 4.79 Å². The number of unbranched alkanes of at least 4 members (excludes halogenated alkanes) is 1. The number of nitrogens with one attached hydrogen (secondary N) is 1. The van der Waals surface area contributed by atoms with Crippen LogP contribution in [-0.4, -0.2) is 12.5 Å². The molecule has 0 heterocycles. The zero-order valence-corrected chi connectivity index (χ0v) is 15.1. The summed E-state index contributed by atoms with van der Waals surface area (Å²) in [6, 6.07) is 15.8. The summed E-state index contributed by atoms with van der Waals surface area (Å²) in [5, 5.41) is 2.88. The minimum Gasteiger partial charge on any atom is -0.494 e. The number of rotatable bonds is 9. The summed E-state index contributed by atoms with van der Waals surface area (Å²) in [5.41, 5.74) is 3.09. The zero-order chi connectivity index (χ0) is 17.9. The van der Waals surface area contributed by atoms with Crippen LogP contribution >= 0.6 is 0 Å².